The van der Waals surface area contributed by atoms with E-state index in [0.29, 0.717) is 15.6 Å². The molecule has 1 fully saturated rings. The third-order valence-electron chi connectivity index (χ3n) is 5.49. The lowest BCUT2D eigenvalue weighted by Crippen LogP contribution is -2.37. The van der Waals surface area contributed by atoms with Crippen molar-refractivity contribution in [3.8, 4) is 0 Å². The van der Waals surface area contributed by atoms with Gasteiger partial charge in [0.1, 0.15) is 4.33 Å². The molecule has 2 amide bonds. The first-order valence-corrected chi connectivity index (χ1v) is 14.1. The minimum Gasteiger partial charge on any atom is -0.349 e. The number of carbonyl (C=O) groups is 2. The van der Waals surface area contributed by atoms with Crippen molar-refractivity contribution in [3.63, 3.8) is 0 Å². The summed E-state index contributed by atoms with van der Waals surface area (Å²) >= 11 is 31.0. The van der Waals surface area contributed by atoms with Gasteiger partial charge in [0, 0.05) is 50.0 Å². The highest BCUT2D eigenvalue weighted by Crippen LogP contribution is 2.65. The molecule has 0 aliphatic heterocycles. The summed E-state index contributed by atoms with van der Waals surface area (Å²) in [5.74, 6) is -3.28. The van der Waals surface area contributed by atoms with Gasteiger partial charge >= 0.3 is 6.18 Å². The van der Waals surface area contributed by atoms with Crippen LogP contribution < -0.4 is 10.6 Å². The van der Waals surface area contributed by atoms with E-state index in [0.717, 1.165) is 0 Å². The van der Waals surface area contributed by atoms with E-state index in [4.69, 9.17) is 58.0 Å². The Kier molecular flexibility index (Phi) is 9.73. The van der Waals surface area contributed by atoms with E-state index in [1.165, 1.54) is 31.2 Å². The molecule has 202 valence electrons. The van der Waals surface area contributed by atoms with Gasteiger partial charge < -0.3 is 10.6 Å². The summed E-state index contributed by atoms with van der Waals surface area (Å²) in [4.78, 5) is 25.7. The zero-order valence-electron chi connectivity index (χ0n) is 19.0. The second-order valence-corrected chi connectivity index (χ2v) is 12.9. The molecule has 4 atom stereocenters. The maximum atomic E-state index is 12.9. The highest BCUT2D eigenvalue weighted by atomic mass is 35.5. The molecule has 0 aromatic heterocycles. The molecule has 1 aliphatic rings. The van der Waals surface area contributed by atoms with E-state index in [2.05, 4.69) is 10.6 Å². The fraction of sp³-hybridized carbons (Fsp3) is 0.391. The van der Waals surface area contributed by atoms with Gasteiger partial charge in [0.15, 0.2) is 0 Å². The lowest BCUT2D eigenvalue weighted by atomic mass is 10.1. The number of hydrogen-bond acceptors (Lipinski definition) is 3. The number of alkyl halides is 5. The Balaban J connectivity index is 1.65. The summed E-state index contributed by atoms with van der Waals surface area (Å²) in [6.07, 6.45) is -5.58. The van der Waals surface area contributed by atoms with Crippen molar-refractivity contribution < 1.29 is 27.0 Å². The number of nitrogens with one attached hydrogen (secondary N) is 2. The number of amides is 2. The van der Waals surface area contributed by atoms with Gasteiger partial charge in [-0.25, -0.2) is 0 Å². The van der Waals surface area contributed by atoms with Crippen molar-refractivity contribution in [1.29, 1.82) is 0 Å². The number of rotatable bonds is 9. The first-order chi connectivity index (χ1) is 17.1. The van der Waals surface area contributed by atoms with Crippen molar-refractivity contribution >= 4 is 86.3 Å². The highest BCUT2D eigenvalue weighted by Gasteiger charge is 2.67. The molecule has 0 bridgehead atoms. The molecule has 14 heteroatoms. The van der Waals surface area contributed by atoms with Crippen LogP contribution in [-0.2, 0) is 15.6 Å². The van der Waals surface area contributed by atoms with Crippen molar-refractivity contribution in [2.45, 2.75) is 35.8 Å². The molecule has 0 radical (unpaired) electrons. The molecule has 2 aromatic carbocycles. The molecule has 2 N–H and O–H groups in total. The van der Waals surface area contributed by atoms with Crippen LogP contribution in [-0.4, -0.2) is 44.1 Å². The zero-order valence-corrected chi connectivity index (χ0v) is 23.6. The van der Waals surface area contributed by atoms with E-state index in [1.807, 2.05) is 0 Å². The summed E-state index contributed by atoms with van der Waals surface area (Å²) in [6.45, 7) is 1.51. The summed E-state index contributed by atoms with van der Waals surface area (Å²) < 4.78 is 47.5. The Bertz CT molecular complexity index is 1210. The van der Waals surface area contributed by atoms with E-state index < -0.39 is 63.2 Å². The van der Waals surface area contributed by atoms with Crippen LogP contribution in [0.25, 0.3) is 0 Å². The van der Waals surface area contributed by atoms with E-state index >= 15 is 0 Å². The van der Waals surface area contributed by atoms with E-state index in [-0.39, 0.29) is 22.0 Å². The molecular formula is C23H20Cl5F3N2O3S. The lowest BCUT2D eigenvalue weighted by molar-refractivity contribution is -0.129. The van der Waals surface area contributed by atoms with E-state index in [1.54, 1.807) is 12.1 Å². The lowest BCUT2D eigenvalue weighted by Gasteiger charge is -2.15. The minimum atomic E-state index is -4.41. The molecule has 2 aromatic rings. The average Bonchev–Trinajstić information content (AvgIpc) is 3.34. The van der Waals surface area contributed by atoms with Gasteiger partial charge in [-0.1, -0.05) is 34.8 Å². The first kappa shape index (κ1) is 30.3. The smallest absolute Gasteiger partial charge is 0.349 e. The molecule has 3 rings (SSSR count). The Morgan fingerprint density at radius 3 is 2.30 bits per heavy atom. The topological polar surface area (TPSA) is 75.3 Å². The minimum absolute atomic E-state index is 0.00405. The Labute approximate surface area is 238 Å². The van der Waals surface area contributed by atoms with Crippen LogP contribution in [0.1, 0.15) is 35.2 Å². The standard InChI is InChI=1S/C23H20Cl5F3N2O3S/c1-11(10-37(36)5-4-22(29,30)31)32-20(34)16-9-15(2-3-17(16)26)33-21(35)19-18(23(19,27)28)12-6-13(24)8-14(25)7-12/h2-3,6-9,11,18-19H,4-5,10H2,1H3,(H,32,34)(H,33,35)/t11-,18-,19+,37?/m1/s1. The van der Waals surface area contributed by atoms with Gasteiger partial charge in [-0.3, -0.25) is 13.8 Å². The van der Waals surface area contributed by atoms with Crippen LogP contribution in [0.5, 0.6) is 0 Å². The first-order valence-electron chi connectivity index (χ1n) is 10.8. The van der Waals surface area contributed by atoms with Crippen molar-refractivity contribution in [2.75, 3.05) is 16.8 Å². The van der Waals surface area contributed by atoms with Gasteiger partial charge in [-0.15, -0.1) is 23.2 Å². The maximum absolute atomic E-state index is 12.9. The Morgan fingerprint density at radius 2 is 1.70 bits per heavy atom. The number of benzene rings is 2. The monoisotopic (exact) mass is 636 g/mol. The van der Waals surface area contributed by atoms with Gasteiger partial charge in [-0.2, -0.15) is 13.2 Å². The molecular weight excluding hydrogens is 619 g/mol. The normalized spacial score (nSPS) is 20.1. The quantitative estimate of drug-likeness (QED) is 0.291. The van der Waals surface area contributed by atoms with Crippen molar-refractivity contribution in [3.05, 3.63) is 62.6 Å². The molecule has 37 heavy (non-hydrogen) atoms. The second-order valence-electron chi connectivity index (χ2n) is 8.57. The number of carbonyl (C=O) groups excluding carboxylic acids is 2. The third kappa shape index (κ3) is 8.13. The molecule has 1 saturated carbocycles. The van der Waals surface area contributed by atoms with Crippen molar-refractivity contribution in [2.24, 2.45) is 5.92 Å². The van der Waals surface area contributed by atoms with Crippen LogP contribution in [0.2, 0.25) is 15.1 Å². The zero-order chi connectivity index (χ0) is 27.7. The second kappa shape index (κ2) is 11.9. The molecule has 5 nitrogen and oxygen atoms in total. The van der Waals surface area contributed by atoms with Crippen molar-refractivity contribution in [1.82, 2.24) is 5.32 Å². The van der Waals surface area contributed by atoms with Gasteiger partial charge in [0.05, 0.1) is 22.9 Å². The summed E-state index contributed by atoms with van der Waals surface area (Å²) in [5.41, 5.74) is 0.838. The maximum Gasteiger partial charge on any atom is 0.390 e. The predicted molar refractivity (Wildman–Crippen MR) is 143 cm³/mol. The summed E-state index contributed by atoms with van der Waals surface area (Å²) in [7, 11) is -1.78. The van der Waals surface area contributed by atoms with Crippen LogP contribution >= 0.6 is 58.0 Å². The number of halogens is 8. The summed E-state index contributed by atoms with van der Waals surface area (Å²) in [5, 5.41) is 6.02. The largest absolute Gasteiger partial charge is 0.390 e. The van der Waals surface area contributed by atoms with Gasteiger partial charge in [-0.05, 0) is 48.9 Å². The predicted octanol–water partition coefficient (Wildman–Crippen LogP) is 6.99. The Morgan fingerprint density at radius 1 is 1.08 bits per heavy atom. The number of anilines is 1. The highest BCUT2D eigenvalue weighted by molar-refractivity contribution is 7.85. The third-order valence-corrected chi connectivity index (χ3v) is 8.72. The Hall–Kier alpha value is -1.23. The average molecular weight is 639 g/mol. The van der Waals surface area contributed by atoms with Crippen LogP contribution in [0.4, 0.5) is 18.9 Å². The van der Waals surface area contributed by atoms with Crippen LogP contribution in [0, 0.1) is 5.92 Å². The van der Waals surface area contributed by atoms with Crippen LogP contribution in [0.15, 0.2) is 36.4 Å². The summed E-state index contributed by atoms with van der Waals surface area (Å²) in [6, 6.07) is 8.29. The fourth-order valence-electron chi connectivity index (χ4n) is 3.75. The number of hydrogen-bond donors (Lipinski definition) is 2. The molecule has 0 heterocycles. The molecule has 0 saturated heterocycles. The molecule has 0 spiro atoms. The van der Waals surface area contributed by atoms with Crippen LogP contribution in [0.3, 0.4) is 0 Å². The van der Waals surface area contributed by atoms with Gasteiger partial charge in [0.2, 0.25) is 5.91 Å². The molecule has 1 unspecified atom stereocenters. The molecule has 1 aliphatic carbocycles. The SMILES string of the molecule is C[C@H](CS(=O)CCC(F)(F)F)NC(=O)c1cc(NC(=O)[C@@H]2[C@@H](c3cc(Cl)cc(Cl)c3)C2(Cl)Cl)ccc1Cl. The van der Waals surface area contributed by atoms with E-state index in [9.17, 15) is 27.0 Å². The fourth-order valence-corrected chi connectivity index (χ4v) is 6.60. The van der Waals surface area contributed by atoms with Gasteiger partial charge in [0.25, 0.3) is 5.91 Å².